The van der Waals surface area contributed by atoms with Gasteiger partial charge in [0.1, 0.15) is 22.0 Å². The molecule has 226 valence electrons. The Bertz CT molecular complexity index is 1740. The van der Waals surface area contributed by atoms with Crippen LogP contribution in [-0.2, 0) is 43.3 Å². The van der Waals surface area contributed by atoms with E-state index in [0.29, 0.717) is 22.3 Å². The molecular formula is C29H26F2NO9PS. The summed E-state index contributed by atoms with van der Waals surface area (Å²) in [5.74, 6) is -1.49. The van der Waals surface area contributed by atoms with Gasteiger partial charge in [-0.2, -0.15) is 4.31 Å². The molecule has 0 aliphatic carbocycles. The van der Waals surface area contributed by atoms with Crippen LogP contribution in [0.5, 0.6) is 11.5 Å². The molecule has 10 nitrogen and oxygen atoms in total. The minimum Gasteiger partial charge on any atom is -0.507 e. The second-order valence-electron chi connectivity index (χ2n) is 9.38. The summed E-state index contributed by atoms with van der Waals surface area (Å²) in [5.41, 5.74) is 2.30. The number of sulfonamides is 1. The molecule has 4 aromatic rings. The van der Waals surface area contributed by atoms with Crippen molar-refractivity contribution < 1.29 is 51.2 Å². The third-order valence-corrected chi connectivity index (χ3v) is 9.53. The number of para-hydroxylation sites is 1. The highest BCUT2D eigenvalue weighted by molar-refractivity contribution is 7.89. The first-order valence-corrected chi connectivity index (χ1v) is 15.7. The minimum atomic E-state index is -4.60. The average molecular weight is 634 g/mol. The van der Waals surface area contributed by atoms with E-state index in [2.05, 4.69) is 9.46 Å². The molecule has 0 saturated heterocycles. The zero-order valence-corrected chi connectivity index (χ0v) is 24.3. The SMILES string of the molecule is COc1ccccc1S(=O)(=O)N(Cc1ccc(CP(=O)(OF)OF)cc1)Cc1ccc(-c2ccc(O)c(C(=O)O)c2)cc1. The summed E-state index contributed by atoms with van der Waals surface area (Å²) in [4.78, 5) is 11.4. The normalized spacial score (nSPS) is 11.9. The van der Waals surface area contributed by atoms with E-state index in [-0.39, 0.29) is 40.6 Å². The van der Waals surface area contributed by atoms with Gasteiger partial charge in [-0.3, -0.25) is 4.57 Å². The highest BCUT2D eigenvalue weighted by Gasteiger charge is 2.30. The molecule has 0 heterocycles. The topological polar surface area (TPSA) is 140 Å². The molecule has 0 atom stereocenters. The molecule has 0 saturated carbocycles. The number of aromatic hydroxyl groups is 1. The van der Waals surface area contributed by atoms with Gasteiger partial charge in [-0.15, -0.1) is 9.46 Å². The van der Waals surface area contributed by atoms with Crippen molar-refractivity contribution in [3.8, 4) is 22.6 Å². The monoisotopic (exact) mass is 633 g/mol. The van der Waals surface area contributed by atoms with Crippen LogP contribution in [-0.4, -0.2) is 36.0 Å². The van der Waals surface area contributed by atoms with Crippen molar-refractivity contribution in [3.63, 3.8) is 0 Å². The molecular weight excluding hydrogens is 607 g/mol. The summed E-state index contributed by atoms with van der Waals surface area (Å²) >= 11 is 0. The van der Waals surface area contributed by atoms with Gasteiger partial charge in [-0.05, 0) is 61.1 Å². The predicted octanol–water partition coefficient (Wildman–Crippen LogP) is 6.65. The Morgan fingerprint density at radius 2 is 1.37 bits per heavy atom. The van der Waals surface area contributed by atoms with E-state index < -0.39 is 29.8 Å². The number of rotatable bonds is 13. The summed E-state index contributed by atoms with van der Waals surface area (Å²) in [5, 5.41) is 19.1. The maximum Gasteiger partial charge on any atom is 0.399 e. The summed E-state index contributed by atoms with van der Waals surface area (Å²) in [6, 6.07) is 23.0. The molecule has 0 amide bonds. The Morgan fingerprint density at radius 1 is 0.837 bits per heavy atom. The van der Waals surface area contributed by atoms with Crippen LogP contribution in [0.3, 0.4) is 0 Å². The number of methoxy groups -OCH3 is 1. The Kier molecular flexibility index (Phi) is 9.95. The predicted molar refractivity (Wildman–Crippen MR) is 152 cm³/mol. The molecule has 43 heavy (non-hydrogen) atoms. The second-order valence-corrected chi connectivity index (χ2v) is 13.1. The zero-order valence-electron chi connectivity index (χ0n) is 22.6. The van der Waals surface area contributed by atoms with Crippen LogP contribution in [0.1, 0.15) is 27.0 Å². The van der Waals surface area contributed by atoms with Crippen LogP contribution in [0.4, 0.5) is 9.05 Å². The zero-order chi connectivity index (χ0) is 31.2. The smallest absolute Gasteiger partial charge is 0.399 e. The molecule has 0 aliphatic rings. The third-order valence-electron chi connectivity index (χ3n) is 6.53. The lowest BCUT2D eigenvalue weighted by molar-refractivity contribution is -0.0881. The van der Waals surface area contributed by atoms with E-state index in [0.717, 1.165) is 0 Å². The number of ether oxygens (including phenoxy) is 1. The van der Waals surface area contributed by atoms with Crippen LogP contribution < -0.4 is 4.74 Å². The lowest BCUT2D eigenvalue weighted by Crippen LogP contribution is -2.30. The maximum absolute atomic E-state index is 13.9. The molecule has 0 bridgehead atoms. The molecule has 0 spiro atoms. The van der Waals surface area contributed by atoms with Crippen molar-refractivity contribution in [2.45, 2.75) is 24.1 Å². The van der Waals surface area contributed by atoms with Crippen molar-refractivity contribution in [3.05, 3.63) is 113 Å². The number of carbonyl (C=O) groups is 1. The number of hydrogen-bond acceptors (Lipinski definition) is 8. The van der Waals surface area contributed by atoms with E-state index in [1.165, 1.54) is 59.9 Å². The van der Waals surface area contributed by atoms with Gasteiger partial charge in [-0.1, -0.05) is 66.7 Å². The lowest BCUT2D eigenvalue weighted by Gasteiger charge is -2.24. The molecule has 0 aliphatic heterocycles. The first-order chi connectivity index (χ1) is 20.5. The molecule has 4 aromatic carbocycles. The highest BCUT2D eigenvalue weighted by atomic mass is 32.2. The molecule has 0 unspecified atom stereocenters. The number of aromatic carboxylic acids is 1. The van der Waals surface area contributed by atoms with Crippen molar-refractivity contribution >= 4 is 23.6 Å². The van der Waals surface area contributed by atoms with Gasteiger partial charge in [-0.25, -0.2) is 13.2 Å². The van der Waals surface area contributed by atoms with E-state index in [1.807, 2.05) is 0 Å². The fourth-order valence-electron chi connectivity index (χ4n) is 4.33. The summed E-state index contributed by atoms with van der Waals surface area (Å²) in [6.45, 7) is -0.182. The van der Waals surface area contributed by atoms with Crippen LogP contribution in [0.25, 0.3) is 11.1 Å². The Labute approximate surface area is 246 Å². The van der Waals surface area contributed by atoms with Crippen LogP contribution in [0.2, 0.25) is 0 Å². The first kappa shape index (κ1) is 31.8. The first-order valence-electron chi connectivity index (χ1n) is 12.6. The quantitative estimate of drug-likeness (QED) is 0.155. The molecule has 0 fully saturated rings. The van der Waals surface area contributed by atoms with Gasteiger partial charge in [0.15, 0.2) is 0 Å². The number of nitrogens with zero attached hydrogens (tertiary/aromatic N) is 1. The Hall–Kier alpha value is -4.13. The lowest BCUT2D eigenvalue weighted by atomic mass is 10.0. The minimum absolute atomic E-state index is 0.0582. The highest BCUT2D eigenvalue weighted by Crippen LogP contribution is 2.52. The van der Waals surface area contributed by atoms with Gasteiger partial charge in [0.25, 0.3) is 0 Å². The largest absolute Gasteiger partial charge is 0.507 e. The summed E-state index contributed by atoms with van der Waals surface area (Å²) in [7, 11) is -7.38. The van der Waals surface area contributed by atoms with Crippen molar-refractivity contribution in [2.75, 3.05) is 7.11 Å². The van der Waals surface area contributed by atoms with E-state index in [4.69, 9.17) is 4.74 Å². The van der Waals surface area contributed by atoms with Gasteiger partial charge in [0.05, 0.1) is 13.3 Å². The number of carboxylic acid groups (broad SMARTS) is 1. The summed E-state index contributed by atoms with van der Waals surface area (Å²) in [6.07, 6.45) is -0.676. The van der Waals surface area contributed by atoms with Crippen LogP contribution >= 0.6 is 7.60 Å². The van der Waals surface area contributed by atoms with E-state index >= 15 is 0 Å². The molecule has 14 heteroatoms. The van der Waals surface area contributed by atoms with E-state index in [9.17, 15) is 37.0 Å². The van der Waals surface area contributed by atoms with Crippen molar-refractivity contribution in [1.82, 2.24) is 4.31 Å². The number of hydrogen-bond donors (Lipinski definition) is 2. The molecule has 0 radical (unpaired) electrons. The van der Waals surface area contributed by atoms with Crippen molar-refractivity contribution in [2.24, 2.45) is 0 Å². The molecule has 0 aromatic heterocycles. The Morgan fingerprint density at radius 3 is 1.93 bits per heavy atom. The number of benzene rings is 4. The second kappa shape index (κ2) is 13.4. The fraction of sp³-hybridized carbons (Fsp3) is 0.138. The number of phenols is 1. The van der Waals surface area contributed by atoms with Crippen LogP contribution in [0.15, 0.2) is 95.9 Å². The maximum atomic E-state index is 13.9. The summed E-state index contributed by atoms with van der Waals surface area (Å²) < 4.78 is 77.3. The standard InChI is InChI=1S/C29H26F2NO9PS/c1-39-27-4-2-3-5-28(27)43(37,38)32(17-20-6-8-22(9-7-20)19-42(36,40-30)41-31)18-21-10-12-23(13-11-21)24-14-15-26(33)25(16-24)29(34)35/h2-16,33H,17-19H2,1H3,(H,34,35). The molecule has 4 rings (SSSR count). The van der Waals surface area contributed by atoms with Gasteiger partial charge < -0.3 is 14.9 Å². The fourth-order valence-corrected chi connectivity index (χ4v) is 6.68. The van der Waals surface area contributed by atoms with Gasteiger partial charge >= 0.3 is 13.6 Å². The average Bonchev–Trinajstić information content (AvgIpc) is 3.02. The number of carboxylic acids is 1. The third kappa shape index (κ3) is 7.45. The van der Waals surface area contributed by atoms with Gasteiger partial charge in [0, 0.05) is 13.1 Å². The van der Waals surface area contributed by atoms with Crippen molar-refractivity contribution in [1.29, 1.82) is 0 Å². The van der Waals surface area contributed by atoms with Crippen LogP contribution in [0, 0.1) is 0 Å². The van der Waals surface area contributed by atoms with Gasteiger partial charge in [0.2, 0.25) is 10.0 Å². The number of halogens is 2. The molecule has 2 N–H and O–H groups in total. The Balaban J connectivity index is 1.65. The van der Waals surface area contributed by atoms with E-state index in [1.54, 1.807) is 42.5 Å².